The van der Waals surface area contributed by atoms with Crippen molar-refractivity contribution in [3.8, 4) is 5.75 Å². The largest absolute Gasteiger partial charge is 0.496 e. The second-order valence-corrected chi connectivity index (χ2v) is 5.05. The number of ether oxygens (including phenoxy) is 1. The summed E-state index contributed by atoms with van der Waals surface area (Å²) in [5.41, 5.74) is 5.68. The molecule has 0 fully saturated rings. The molecule has 0 aliphatic heterocycles. The summed E-state index contributed by atoms with van der Waals surface area (Å²) in [6.07, 6.45) is 0. The predicted octanol–water partition coefficient (Wildman–Crippen LogP) is 2.39. The molecule has 1 rings (SSSR count). The summed E-state index contributed by atoms with van der Waals surface area (Å²) in [4.78, 5) is 12.2. The van der Waals surface area contributed by atoms with Crippen molar-refractivity contribution in [3.63, 3.8) is 0 Å². The summed E-state index contributed by atoms with van der Waals surface area (Å²) in [6, 6.07) is 3.14. The van der Waals surface area contributed by atoms with Crippen LogP contribution in [-0.2, 0) is 0 Å². The topological polar surface area (TPSA) is 52.3 Å². The maximum Gasteiger partial charge on any atom is 0.183 e. The highest BCUT2D eigenvalue weighted by molar-refractivity contribution is 6.02. The number of methoxy groups -OCH3 is 1. The van der Waals surface area contributed by atoms with Gasteiger partial charge in [0, 0.05) is 0 Å². The van der Waals surface area contributed by atoms with Crippen LogP contribution in [-0.4, -0.2) is 18.9 Å². The number of halogens is 1. The van der Waals surface area contributed by atoms with Crippen LogP contribution in [0.2, 0.25) is 0 Å². The minimum atomic E-state index is -0.696. The average Bonchev–Trinajstić information content (AvgIpc) is 2.25. The van der Waals surface area contributed by atoms with Gasteiger partial charge in [0.2, 0.25) is 0 Å². The van der Waals surface area contributed by atoms with Crippen molar-refractivity contribution in [1.82, 2.24) is 0 Å². The van der Waals surface area contributed by atoms with Crippen LogP contribution in [0.5, 0.6) is 5.75 Å². The van der Waals surface area contributed by atoms with Gasteiger partial charge in [0.25, 0.3) is 0 Å². The Labute approximate surface area is 101 Å². The van der Waals surface area contributed by atoms with E-state index in [2.05, 4.69) is 0 Å². The molecule has 0 aromatic heterocycles. The van der Waals surface area contributed by atoms with E-state index in [0.29, 0.717) is 5.75 Å². The predicted molar refractivity (Wildman–Crippen MR) is 64.7 cm³/mol. The number of benzene rings is 1. The fourth-order valence-corrected chi connectivity index (χ4v) is 1.43. The molecule has 17 heavy (non-hydrogen) atoms. The van der Waals surface area contributed by atoms with Gasteiger partial charge in [0.15, 0.2) is 5.78 Å². The van der Waals surface area contributed by atoms with E-state index in [0.717, 1.165) is 6.07 Å². The molecule has 2 N–H and O–H groups in total. The third kappa shape index (κ3) is 3.03. The first-order chi connectivity index (χ1) is 7.77. The highest BCUT2D eigenvalue weighted by Gasteiger charge is 2.30. The number of nitrogens with two attached hydrogens (primary N) is 1. The quantitative estimate of drug-likeness (QED) is 0.824. The summed E-state index contributed by atoms with van der Waals surface area (Å²) in [6.45, 7) is 5.59. The van der Waals surface area contributed by atoms with Crippen LogP contribution in [0.3, 0.4) is 0 Å². The van der Waals surface area contributed by atoms with E-state index in [-0.39, 0.29) is 16.8 Å². The Hall–Kier alpha value is -1.42. The summed E-state index contributed by atoms with van der Waals surface area (Å²) >= 11 is 0. The number of ketones is 1. The zero-order valence-electron chi connectivity index (χ0n) is 10.6. The van der Waals surface area contributed by atoms with Gasteiger partial charge in [-0.05, 0) is 23.6 Å². The van der Waals surface area contributed by atoms with E-state index in [9.17, 15) is 9.18 Å². The maximum absolute atomic E-state index is 13.2. The molecule has 4 heteroatoms. The van der Waals surface area contributed by atoms with Crippen molar-refractivity contribution in [2.24, 2.45) is 11.1 Å². The molecular weight excluding hydrogens is 221 g/mol. The molecule has 0 spiro atoms. The summed E-state index contributed by atoms with van der Waals surface area (Å²) in [7, 11) is 1.44. The Morgan fingerprint density at radius 3 is 2.47 bits per heavy atom. The van der Waals surface area contributed by atoms with E-state index in [4.69, 9.17) is 10.5 Å². The van der Waals surface area contributed by atoms with Gasteiger partial charge in [-0.3, -0.25) is 4.79 Å². The molecule has 0 heterocycles. The SMILES string of the molecule is COc1ccc(F)cc1C(=O)C(N)C(C)(C)C. The summed E-state index contributed by atoms with van der Waals surface area (Å²) < 4.78 is 18.2. The normalized spacial score (nSPS) is 13.3. The van der Waals surface area contributed by atoms with Gasteiger partial charge in [-0.15, -0.1) is 0 Å². The first-order valence-corrected chi connectivity index (χ1v) is 5.40. The van der Waals surface area contributed by atoms with Crippen molar-refractivity contribution >= 4 is 5.78 Å². The molecule has 1 aromatic rings. The van der Waals surface area contributed by atoms with Gasteiger partial charge in [0.1, 0.15) is 11.6 Å². The van der Waals surface area contributed by atoms with Crippen LogP contribution in [0, 0.1) is 11.2 Å². The Kier molecular flexibility index (Phi) is 3.88. The van der Waals surface area contributed by atoms with Crippen LogP contribution >= 0.6 is 0 Å². The second-order valence-electron chi connectivity index (χ2n) is 5.05. The van der Waals surface area contributed by atoms with Crippen molar-refractivity contribution in [1.29, 1.82) is 0 Å². The molecule has 1 aromatic carbocycles. The monoisotopic (exact) mass is 239 g/mol. The minimum Gasteiger partial charge on any atom is -0.496 e. The zero-order chi connectivity index (χ0) is 13.2. The molecule has 0 aliphatic carbocycles. The molecule has 0 bridgehead atoms. The lowest BCUT2D eigenvalue weighted by Gasteiger charge is -2.26. The van der Waals surface area contributed by atoms with E-state index < -0.39 is 11.9 Å². The van der Waals surface area contributed by atoms with Gasteiger partial charge in [-0.1, -0.05) is 20.8 Å². The highest BCUT2D eigenvalue weighted by atomic mass is 19.1. The molecular formula is C13H18FNO2. The van der Waals surface area contributed by atoms with E-state index in [1.165, 1.54) is 19.2 Å². The fourth-order valence-electron chi connectivity index (χ4n) is 1.43. The number of hydrogen-bond donors (Lipinski definition) is 1. The Morgan fingerprint density at radius 2 is 2.00 bits per heavy atom. The molecule has 1 unspecified atom stereocenters. The van der Waals surface area contributed by atoms with Crippen molar-refractivity contribution in [2.75, 3.05) is 7.11 Å². The minimum absolute atomic E-state index is 0.190. The Bertz CT molecular complexity index is 424. The third-order valence-electron chi connectivity index (χ3n) is 2.64. The number of hydrogen-bond acceptors (Lipinski definition) is 3. The lowest BCUT2D eigenvalue weighted by molar-refractivity contribution is 0.0897. The van der Waals surface area contributed by atoms with Gasteiger partial charge >= 0.3 is 0 Å². The fraction of sp³-hybridized carbons (Fsp3) is 0.462. The maximum atomic E-state index is 13.2. The molecule has 3 nitrogen and oxygen atoms in total. The van der Waals surface area contributed by atoms with Crippen molar-refractivity contribution < 1.29 is 13.9 Å². The highest BCUT2D eigenvalue weighted by Crippen LogP contribution is 2.26. The molecule has 0 amide bonds. The number of carbonyl (C=O) groups excluding carboxylic acids is 1. The van der Waals surface area contributed by atoms with Crippen molar-refractivity contribution in [3.05, 3.63) is 29.6 Å². The van der Waals surface area contributed by atoms with Crippen LogP contribution < -0.4 is 10.5 Å². The van der Waals surface area contributed by atoms with Gasteiger partial charge in [-0.25, -0.2) is 4.39 Å². The number of rotatable bonds is 3. The van der Waals surface area contributed by atoms with Gasteiger partial charge in [0.05, 0.1) is 18.7 Å². The standard InChI is InChI=1S/C13H18FNO2/c1-13(2,3)12(15)11(16)9-7-8(14)5-6-10(9)17-4/h5-7,12H,15H2,1-4H3. The molecule has 1 atom stereocenters. The van der Waals surface area contributed by atoms with Crippen LogP contribution in [0.15, 0.2) is 18.2 Å². The van der Waals surface area contributed by atoms with E-state index in [1.54, 1.807) is 0 Å². The van der Waals surface area contributed by atoms with Gasteiger partial charge in [-0.2, -0.15) is 0 Å². The Balaban J connectivity index is 3.16. The van der Waals surface area contributed by atoms with Crippen molar-refractivity contribution in [2.45, 2.75) is 26.8 Å². The molecule has 0 radical (unpaired) electrons. The van der Waals surface area contributed by atoms with Crippen LogP contribution in [0.4, 0.5) is 4.39 Å². The lowest BCUT2D eigenvalue weighted by Crippen LogP contribution is -2.42. The second kappa shape index (κ2) is 4.84. The average molecular weight is 239 g/mol. The Morgan fingerprint density at radius 1 is 1.41 bits per heavy atom. The first kappa shape index (κ1) is 13.6. The molecule has 94 valence electrons. The zero-order valence-corrected chi connectivity index (χ0v) is 10.6. The molecule has 0 aliphatic rings. The summed E-state index contributed by atoms with van der Waals surface area (Å²) in [5, 5.41) is 0. The lowest BCUT2D eigenvalue weighted by atomic mass is 9.82. The number of Topliss-reactive ketones (excluding diaryl/α,β-unsaturated/α-hetero) is 1. The van der Waals surface area contributed by atoms with E-state index >= 15 is 0 Å². The van der Waals surface area contributed by atoms with Crippen LogP contribution in [0.1, 0.15) is 31.1 Å². The first-order valence-electron chi connectivity index (χ1n) is 5.40. The molecule has 0 saturated heterocycles. The van der Waals surface area contributed by atoms with Crippen LogP contribution in [0.25, 0.3) is 0 Å². The number of carbonyl (C=O) groups is 1. The third-order valence-corrected chi connectivity index (χ3v) is 2.64. The smallest absolute Gasteiger partial charge is 0.183 e. The molecule has 0 saturated carbocycles. The van der Waals surface area contributed by atoms with Gasteiger partial charge < -0.3 is 10.5 Å². The summed E-state index contributed by atoms with van der Waals surface area (Å²) in [5.74, 6) is -0.444. The van der Waals surface area contributed by atoms with E-state index in [1.807, 2.05) is 20.8 Å².